The maximum absolute atomic E-state index is 12.5. The van der Waals surface area contributed by atoms with Crippen LogP contribution in [-0.4, -0.2) is 54.3 Å². The van der Waals surface area contributed by atoms with E-state index in [1.54, 1.807) is 9.80 Å². The molecule has 1 aromatic carbocycles. The smallest absolute Gasteiger partial charge is 0.376 e. The first kappa shape index (κ1) is 17.1. The Morgan fingerprint density at radius 3 is 2.04 bits per heavy atom. The van der Waals surface area contributed by atoms with Crippen molar-refractivity contribution in [1.29, 1.82) is 0 Å². The van der Waals surface area contributed by atoms with E-state index in [9.17, 15) is 22.8 Å². The molecule has 0 radical (unpaired) electrons. The molecule has 0 saturated carbocycles. The summed E-state index contributed by atoms with van der Waals surface area (Å²) in [6, 6.07) is 4.53. The Morgan fingerprint density at radius 1 is 1.04 bits per heavy atom. The lowest BCUT2D eigenvalue weighted by Gasteiger charge is -2.34. The Kier molecular flexibility index (Phi) is 5.12. The van der Waals surface area contributed by atoms with Crippen molar-refractivity contribution < 1.29 is 22.8 Å². The van der Waals surface area contributed by atoms with Gasteiger partial charge in [-0.1, -0.05) is 0 Å². The summed E-state index contributed by atoms with van der Waals surface area (Å²) in [4.78, 5) is 26.6. The summed E-state index contributed by atoms with van der Waals surface area (Å²) in [5.74, 6) is -0.159. The molecule has 0 spiro atoms. The lowest BCUT2D eigenvalue weighted by molar-refractivity contribution is -0.137. The highest BCUT2D eigenvalue weighted by Gasteiger charge is 2.30. The van der Waals surface area contributed by atoms with Crippen molar-refractivity contribution in [2.45, 2.75) is 13.1 Å². The van der Waals surface area contributed by atoms with E-state index < -0.39 is 11.7 Å². The fraction of sp³-hybridized carbons (Fsp3) is 0.467. The summed E-state index contributed by atoms with van der Waals surface area (Å²) >= 11 is 0. The number of benzene rings is 1. The van der Waals surface area contributed by atoms with Crippen molar-refractivity contribution >= 4 is 17.5 Å². The zero-order chi connectivity index (χ0) is 17.0. The highest BCUT2D eigenvalue weighted by Crippen LogP contribution is 2.29. The van der Waals surface area contributed by atoms with Crippen LogP contribution in [0.5, 0.6) is 0 Å². The minimum Gasteiger partial charge on any atom is -0.376 e. The summed E-state index contributed by atoms with van der Waals surface area (Å²) in [6.07, 6.45) is -4.37. The van der Waals surface area contributed by atoms with Crippen LogP contribution in [0.1, 0.15) is 12.5 Å². The topological polar surface area (TPSA) is 52.7 Å². The predicted molar refractivity (Wildman–Crippen MR) is 78.8 cm³/mol. The monoisotopic (exact) mass is 329 g/mol. The molecule has 5 nitrogen and oxygen atoms in total. The largest absolute Gasteiger partial charge is 0.416 e. The van der Waals surface area contributed by atoms with Gasteiger partial charge in [0.2, 0.25) is 11.8 Å². The SMILES string of the molecule is CC(=O)N1CCN(C(=O)CNc2ccc(C(F)(F)F)cc2)CC1. The molecule has 0 bridgehead atoms. The normalized spacial score (nSPS) is 15.5. The molecule has 0 atom stereocenters. The van der Waals surface area contributed by atoms with Crippen LogP contribution in [0.3, 0.4) is 0 Å². The highest BCUT2D eigenvalue weighted by molar-refractivity contribution is 5.81. The molecule has 1 aromatic rings. The number of halogens is 3. The molecule has 2 amide bonds. The average Bonchev–Trinajstić information content (AvgIpc) is 2.52. The molecule has 0 aromatic heterocycles. The number of piperazine rings is 1. The first-order valence-electron chi connectivity index (χ1n) is 7.22. The zero-order valence-electron chi connectivity index (χ0n) is 12.7. The zero-order valence-corrected chi connectivity index (χ0v) is 12.7. The fourth-order valence-electron chi connectivity index (χ4n) is 2.34. The summed E-state index contributed by atoms with van der Waals surface area (Å²) < 4.78 is 37.4. The Hall–Kier alpha value is -2.25. The van der Waals surface area contributed by atoms with Crippen molar-refractivity contribution in [2.24, 2.45) is 0 Å². The van der Waals surface area contributed by atoms with E-state index in [2.05, 4.69) is 5.32 Å². The van der Waals surface area contributed by atoms with Gasteiger partial charge in [-0.15, -0.1) is 0 Å². The molecule has 8 heteroatoms. The van der Waals surface area contributed by atoms with E-state index in [0.717, 1.165) is 12.1 Å². The molecule has 126 valence electrons. The van der Waals surface area contributed by atoms with Gasteiger partial charge in [0.1, 0.15) is 0 Å². The number of anilines is 1. The van der Waals surface area contributed by atoms with Crippen LogP contribution in [-0.2, 0) is 15.8 Å². The molecule has 2 rings (SSSR count). The van der Waals surface area contributed by atoms with E-state index in [4.69, 9.17) is 0 Å². The minimum absolute atomic E-state index is 0.00539. The standard InChI is InChI=1S/C15H18F3N3O2/c1-11(22)20-6-8-21(9-7-20)14(23)10-19-13-4-2-12(3-5-13)15(16,17)18/h2-5,19H,6-10H2,1H3. The van der Waals surface area contributed by atoms with Crippen LogP contribution in [0.15, 0.2) is 24.3 Å². The average molecular weight is 329 g/mol. The third kappa shape index (κ3) is 4.61. The highest BCUT2D eigenvalue weighted by atomic mass is 19.4. The number of hydrogen-bond acceptors (Lipinski definition) is 3. The summed E-state index contributed by atoms with van der Waals surface area (Å²) in [7, 11) is 0. The molecular weight excluding hydrogens is 311 g/mol. The van der Waals surface area contributed by atoms with Gasteiger partial charge in [0.25, 0.3) is 0 Å². The Labute approximate surface area is 132 Å². The number of carbonyl (C=O) groups excluding carboxylic acids is 2. The van der Waals surface area contributed by atoms with Gasteiger partial charge in [0, 0.05) is 38.8 Å². The van der Waals surface area contributed by atoms with E-state index in [1.165, 1.54) is 19.1 Å². The van der Waals surface area contributed by atoms with Crippen molar-refractivity contribution in [3.05, 3.63) is 29.8 Å². The molecule has 1 saturated heterocycles. The predicted octanol–water partition coefficient (Wildman–Crippen LogP) is 1.81. The van der Waals surface area contributed by atoms with Crippen LogP contribution >= 0.6 is 0 Å². The number of alkyl halides is 3. The number of hydrogen-bond donors (Lipinski definition) is 1. The van der Waals surface area contributed by atoms with Crippen molar-refractivity contribution in [3.63, 3.8) is 0 Å². The molecule has 1 N–H and O–H groups in total. The summed E-state index contributed by atoms with van der Waals surface area (Å²) in [6.45, 7) is 3.43. The van der Waals surface area contributed by atoms with E-state index >= 15 is 0 Å². The van der Waals surface area contributed by atoms with Gasteiger partial charge in [-0.3, -0.25) is 9.59 Å². The van der Waals surface area contributed by atoms with Crippen LogP contribution < -0.4 is 5.32 Å². The Balaban J connectivity index is 1.82. The van der Waals surface area contributed by atoms with Crippen molar-refractivity contribution in [3.8, 4) is 0 Å². The maximum Gasteiger partial charge on any atom is 0.416 e. The molecule has 1 aliphatic heterocycles. The lowest BCUT2D eigenvalue weighted by atomic mass is 10.2. The fourth-order valence-corrected chi connectivity index (χ4v) is 2.34. The molecule has 1 heterocycles. The number of nitrogens with one attached hydrogen (secondary N) is 1. The molecule has 23 heavy (non-hydrogen) atoms. The number of amides is 2. The summed E-state index contributed by atoms with van der Waals surface area (Å²) in [5, 5.41) is 2.82. The first-order chi connectivity index (χ1) is 10.8. The van der Waals surface area contributed by atoms with Gasteiger partial charge in [0.15, 0.2) is 0 Å². The first-order valence-corrected chi connectivity index (χ1v) is 7.22. The lowest BCUT2D eigenvalue weighted by Crippen LogP contribution is -2.51. The Morgan fingerprint density at radius 2 is 1.57 bits per heavy atom. The third-order valence-corrected chi connectivity index (χ3v) is 3.73. The van der Waals surface area contributed by atoms with E-state index in [0.29, 0.717) is 31.9 Å². The van der Waals surface area contributed by atoms with Gasteiger partial charge >= 0.3 is 6.18 Å². The second-order valence-electron chi connectivity index (χ2n) is 5.32. The van der Waals surface area contributed by atoms with Crippen LogP contribution in [0.2, 0.25) is 0 Å². The Bertz CT molecular complexity index is 564. The van der Waals surface area contributed by atoms with Gasteiger partial charge in [-0.2, -0.15) is 13.2 Å². The number of nitrogens with zero attached hydrogens (tertiary/aromatic N) is 2. The van der Waals surface area contributed by atoms with Gasteiger partial charge in [0.05, 0.1) is 12.1 Å². The van der Waals surface area contributed by atoms with Crippen LogP contribution in [0.25, 0.3) is 0 Å². The number of rotatable bonds is 3. The molecule has 1 aliphatic rings. The van der Waals surface area contributed by atoms with Crippen LogP contribution in [0, 0.1) is 0 Å². The van der Waals surface area contributed by atoms with E-state index in [1.807, 2.05) is 0 Å². The molecule has 1 fully saturated rings. The quantitative estimate of drug-likeness (QED) is 0.920. The van der Waals surface area contributed by atoms with Gasteiger partial charge < -0.3 is 15.1 Å². The minimum atomic E-state index is -4.37. The second-order valence-corrected chi connectivity index (χ2v) is 5.32. The van der Waals surface area contributed by atoms with Gasteiger partial charge in [-0.05, 0) is 24.3 Å². The van der Waals surface area contributed by atoms with Crippen molar-refractivity contribution in [1.82, 2.24) is 9.80 Å². The maximum atomic E-state index is 12.5. The van der Waals surface area contributed by atoms with E-state index in [-0.39, 0.29) is 18.4 Å². The number of carbonyl (C=O) groups is 2. The molecule has 0 aliphatic carbocycles. The van der Waals surface area contributed by atoms with Crippen LogP contribution in [0.4, 0.5) is 18.9 Å². The van der Waals surface area contributed by atoms with Crippen molar-refractivity contribution in [2.75, 3.05) is 38.0 Å². The summed E-state index contributed by atoms with van der Waals surface area (Å²) in [5.41, 5.74) is -0.275. The molecular formula is C15H18F3N3O2. The third-order valence-electron chi connectivity index (χ3n) is 3.73. The van der Waals surface area contributed by atoms with Gasteiger partial charge in [-0.25, -0.2) is 0 Å². The second kappa shape index (κ2) is 6.89. The molecule has 0 unspecified atom stereocenters.